The van der Waals surface area contributed by atoms with Gasteiger partial charge in [0.05, 0.1) is 17.3 Å². The van der Waals surface area contributed by atoms with E-state index in [2.05, 4.69) is 26.4 Å². The second-order valence-electron chi connectivity index (χ2n) is 8.25. The maximum atomic E-state index is 11.7. The predicted molar refractivity (Wildman–Crippen MR) is 133 cm³/mol. The van der Waals surface area contributed by atoms with Gasteiger partial charge < -0.3 is 14.8 Å². The van der Waals surface area contributed by atoms with Crippen LogP contribution in [0.25, 0.3) is 38.7 Å². The van der Waals surface area contributed by atoms with Gasteiger partial charge in [0, 0.05) is 66.8 Å². The van der Waals surface area contributed by atoms with Crippen molar-refractivity contribution >= 4 is 33.3 Å². The van der Waals surface area contributed by atoms with Crippen molar-refractivity contribution in [1.82, 2.24) is 24.9 Å². The highest BCUT2D eigenvalue weighted by Gasteiger charge is 2.16. The Hall–Kier alpha value is -3.66. The number of pyridine rings is 1. The summed E-state index contributed by atoms with van der Waals surface area (Å²) in [6.45, 7) is 3.85. The van der Waals surface area contributed by atoms with E-state index in [1.807, 2.05) is 55.0 Å². The van der Waals surface area contributed by atoms with E-state index in [0.717, 1.165) is 59.6 Å². The molecule has 4 heterocycles. The fraction of sp³-hybridized carbons (Fsp3) is 0.160. The van der Waals surface area contributed by atoms with Crippen molar-refractivity contribution in [2.24, 2.45) is 0 Å². The summed E-state index contributed by atoms with van der Waals surface area (Å²) in [5.41, 5.74) is 4.35. The highest BCUT2D eigenvalue weighted by atomic mass is 32.2. The average molecular weight is 471 g/mol. The SMILES string of the molecule is O=[SH+]([O-])c1ccc(-c2cnn3cc(-c4ccc(N5CCNCC5)nc4)cnc23)c2ccccc12. The fourth-order valence-electron chi connectivity index (χ4n) is 4.53. The van der Waals surface area contributed by atoms with E-state index in [1.165, 1.54) is 0 Å². The van der Waals surface area contributed by atoms with Crippen LogP contribution in [0.3, 0.4) is 0 Å². The second-order valence-corrected chi connectivity index (χ2v) is 9.24. The van der Waals surface area contributed by atoms with Gasteiger partial charge in [0.25, 0.3) is 0 Å². The van der Waals surface area contributed by atoms with Gasteiger partial charge in [-0.15, -0.1) is 4.21 Å². The Morgan fingerprint density at radius 2 is 1.65 bits per heavy atom. The number of hydrogen-bond donors (Lipinski definition) is 1. The lowest BCUT2D eigenvalue weighted by Gasteiger charge is -2.28. The molecule has 1 unspecified atom stereocenters. The maximum Gasteiger partial charge on any atom is 0.162 e. The first kappa shape index (κ1) is 20.9. The Labute approximate surface area is 198 Å². The molecule has 1 aliphatic heterocycles. The van der Waals surface area contributed by atoms with Gasteiger partial charge in [0.15, 0.2) is 10.5 Å². The summed E-state index contributed by atoms with van der Waals surface area (Å²) in [6, 6.07) is 15.1. The van der Waals surface area contributed by atoms with Gasteiger partial charge in [-0.3, -0.25) is 0 Å². The quantitative estimate of drug-likeness (QED) is 0.318. The smallest absolute Gasteiger partial charge is 0.162 e. The van der Waals surface area contributed by atoms with E-state index >= 15 is 0 Å². The van der Waals surface area contributed by atoms with Gasteiger partial charge in [-0.25, -0.2) is 14.5 Å². The number of piperazine rings is 1. The number of benzene rings is 2. The van der Waals surface area contributed by atoms with Crippen LogP contribution in [-0.2, 0) is 15.3 Å². The third-order valence-electron chi connectivity index (χ3n) is 6.27. The number of hydrogen-bond acceptors (Lipinski definition) is 7. The zero-order valence-electron chi connectivity index (χ0n) is 18.3. The Morgan fingerprint density at radius 3 is 2.41 bits per heavy atom. The van der Waals surface area contributed by atoms with E-state index < -0.39 is 11.1 Å². The second kappa shape index (κ2) is 8.60. The lowest BCUT2D eigenvalue weighted by Crippen LogP contribution is -2.43. The molecule has 170 valence electrons. The molecule has 8 nitrogen and oxygen atoms in total. The molecule has 3 aromatic heterocycles. The summed E-state index contributed by atoms with van der Waals surface area (Å²) in [4.78, 5) is 12.0. The third-order valence-corrected chi connectivity index (χ3v) is 7.05. The molecule has 0 bridgehead atoms. The minimum atomic E-state index is -2.69. The molecule has 0 saturated carbocycles. The maximum absolute atomic E-state index is 11.7. The Bertz CT molecular complexity index is 1530. The van der Waals surface area contributed by atoms with E-state index in [9.17, 15) is 8.76 Å². The van der Waals surface area contributed by atoms with Crippen LogP contribution in [0, 0.1) is 0 Å². The number of nitrogens with zero attached hydrogens (tertiary/aromatic N) is 5. The molecule has 6 rings (SSSR count). The lowest BCUT2D eigenvalue weighted by molar-refractivity contribution is 0.501. The molecular weight excluding hydrogens is 448 g/mol. The van der Waals surface area contributed by atoms with Crippen LogP contribution in [0.4, 0.5) is 5.82 Å². The van der Waals surface area contributed by atoms with E-state index in [-0.39, 0.29) is 0 Å². The number of nitrogens with one attached hydrogen (secondary N) is 1. The predicted octanol–water partition coefficient (Wildman–Crippen LogP) is 3.21. The van der Waals surface area contributed by atoms with Crippen molar-refractivity contribution in [3.05, 3.63) is 73.3 Å². The van der Waals surface area contributed by atoms with E-state index in [1.54, 1.807) is 16.8 Å². The van der Waals surface area contributed by atoms with Crippen LogP contribution in [0.15, 0.2) is 78.2 Å². The number of anilines is 1. The van der Waals surface area contributed by atoms with Crippen molar-refractivity contribution < 1.29 is 8.76 Å². The minimum Gasteiger partial charge on any atom is -0.612 e. The molecule has 9 heteroatoms. The summed E-state index contributed by atoms with van der Waals surface area (Å²) in [5, 5.41) is 9.44. The highest BCUT2D eigenvalue weighted by Crippen LogP contribution is 2.34. The van der Waals surface area contributed by atoms with Crippen molar-refractivity contribution in [3.63, 3.8) is 0 Å². The van der Waals surface area contributed by atoms with Crippen molar-refractivity contribution in [2.75, 3.05) is 31.1 Å². The lowest BCUT2D eigenvalue weighted by atomic mass is 10.00. The minimum absolute atomic E-state index is 0.317. The van der Waals surface area contributed by atoms with Crippen LogP contribution < -0.4 is 10.2 Å². The third kappa shape index (κ3) is 3.63. The molecule has 0 radical (unpaired) electrons. The first-order valence-electron chi connectivity index (χ1n) is 11.1. The Kier molecular flexibility index (Phi) is 5.29. The molecule has 5 aromatic rings. The van der Waals surface area contributed by atoms with Gasteiger partial charge in [0.2, 0.25) is 0 Å². The van der Waals surface area contributed by atoms with Gasteiger partial charge in [-0.2, -0.15) is 5.10 Å². The molecule has 1 saturated heterocycles. The number of rotatable bonds is 4. The molecule has 1 N–H and O–H groups in total. The monoisotopic (exact) mass is 470 g/mol. The molecule has 1 aliphatic rings. The first-order valence-corrected chi connectivity index (χ1v) is 12.3. The van der Waals surface area contributed by atoms with Gasteiger partial charge in [-0.05, 0) is 41.3 Å². The van der Waals surface area contributed by atoms with Gasteiger partial charge in [-0.1, -0.05) is 18.2 Å². The summed E-state index contributed by atoms with van der Waals surface area (Å²) < 4.78 is 25.2. The van der Waals surface area contributed by atoms with E-state index in [0.29, 0.717) is 15.9 Å². The molecule has 0 aliphatic carbocycles. The highest BCUT2D eigenvalue weighted by molar-refractivity contribution is 7.79. The van der Waals surface area contributed by atoms with E-state index in [4.69, 9.17) is 4.98 Å². The summed E-state index contributed by atoms with van der Waals surface area (Å²) in [7, 11) is 0. The average Bonchev–Trinajstić information content (AvgIpc) is 3.31. The van der Waals surface area contributed by atoms with Crippen molar-refractivity contribution in [3.8, 4) is 22.3 Å². The van der Waals surface area contributed by atoms with Crippen molar-refractivity contribution in [1.29, 1.82) is 0 Å². The normalized spacial score (nSPS) is 15.1. The van der Waals surface area contributed by atoms with Crippen LogP contribution in [0.5, 0.6) is 0 Å². The summed E-state index contributed by atoms with van der Waals surface area (Å²) in [6.07, 6.45) is 7.42. The van der Waals surface area contributed by atoms with Crippen LogP contribution in [0.2, 0.25) is 0 Å². The first-order chi connectivity index (χ1) is 16.7. The Morgan fingerprint density at radius 1 is 0.853 bits per heavy atom. The zero-order valence-corrected chi connectivity index (χ0v) is 19.2. The molecule has 0 spiro atoms. The van der Waals surface area contributed by atoms with Crippen molar-refractivity contribution in [2.45, 2.75) is 4.90 Å². The molecule has 2 aromatic carbocycles. The standard InChI is InChI=1S/C25H22N6O2S/c32-34(33)23-7-6-20(19-3-1-2-4-21(19)23)22-15-29-31-16-18(14-28-25(22)31)17-5-8-24(27-13-17)30-11-9-26-10-12-30/h1-8,13-16,26,34H,9-12H2. The van der Waals surface area contributed by atoms with Crippen LogP contribution in [-0.4, -0.2) is 50.3 Å². The largest absolute Gasteiger partial charge is 0.612 e. The zero-order chi connectivity index (χ0) is 23.1. The molecule has 1 fully saturated rings. The number of aromatic nitrogens is 4. The van der Waals surface area contributed by atoms with Crippen LogP contribution >= 0.6 is 0 Å². The number of thiol groups is 1. The van der Waals surface area contributed by atoms with Gasteiger partial charge >= 0.3 is 0 Å². The topological polar surface area (TPSA) is 98.5 Å². The molecular formula is C25H22N6O2S. The van der Waals surface area contributed by atoms with Gasteiger partial charge in [0.1, 0.15) is 5.82 Å². The summed E-state index contributed by atoms with van der Waals surface area (Å²) >= 11 is -2.69. The van der Waals surface area contributed by atoms with Crippen LogP contribution in [0.1, 0.15) is 0 Å². The Balaban J connectivity index is 1.37. The molecule has 0 amide bonds. The number of fused-ring (bicyclic) bond motifs is 2. The fourth-order valence-corrected chi connectivity index (χ4v) is 5.12. The molecule has 34 heavy (non-hydrogen) atoms. The summed E-state index contributed by atoms with van der Waals surface area (Å²) in [5.74, 6) is 0.982. The molecule has 1 atom stereocenters.